The van der Waals surface area contributed by atoms with Gasteiger partial charge in [0.15, 0.2) is 5.82 Å². The van der Waals surface area contributed by atoms with Gasteiger partial charge in [-0.25, -0.2) is 4.98 Å². The second kappa shape index (κ2) is 7.00. The number of hydrogen-bond acceptors (Lipinski definition) is 6. The van der Waals surface area contributed by atoms with Crippen LogP contribution >= 0.6 is 0 Å². The molecule has 1 heterocycles. The van der Waals surface area contributed by atoms with Gasteiger partial charge in [-0.3, -0.25) is 0 Å². The first-order chi connectivity index (χ1) is 8.62. The lowest BCUT2D eigenvalue weighted by Crippen LogP contribution is -2.35. The Hall–Kier alpha value is -1.56. The summed E-state index contributed by atoms with van der Waals surface area (Å²) in [4.78, 5) is 10.4. The number of rotatable bonds is 7. The van der Waals surface area contributed by atoms with Crippen molar-refractivity contribution in [2.24, 2.45) is 0 Å². The Balaban J connectivity index is 2.67. The highest BCUT2D eigenvalue weighted by atomic mass is 16.5. The predicted molar refractivity (Wildman–Crippen MR) is 73.9 cm³/mol. The minimum Gasteiger partial charge on any atom is -0.479 e. The summed E-state index contributed by atoms with van der Waals surface area (Å²) in [6.45, 7) is 9.41. The number of nitrogen functional groups attached to an aromatic ring is 1. The lowest BCUT2D eigenvalue weighted by Gasteiger charge is -2.24. The molecular formula is C12H23N5O. The van der Waals surface area contributed by atoms with Crippen LogP contribution in [0, 0.1) is 0 Å². The van der Waals surface area contributed by atoms with E-state index in [-0.39, 0.29) is 6.04 Å². The van der Waals surface area contributed by atoms with Gasteiger partial charge in [-0.15, -0.1) is 0 Å². The van der Waals surface area contributed by atoms with Gasteiger partial charge in [-0.2, -0.15) is 4.98 Å². The first-order valence-electron chi connectivity index (χ1n) is 6.25. The molecule has 3 N–H and O–H groups in total. The van der Waals surface area contributed by atoms with Crippen LogP contribution in [0.5, 0.6) is 5.88 Å². The fourth-order valence-electron chi connectivity index (χ4n) is 1.81. The summed E-state index contributed by atoms with van der Waals surface area (Å²) in [5.74, 6) is 1.03. The molecule has 0 fully saturated rings. The molecule has 0 spiro atoms. The third-order valence-corrected chi connectivity index (χ3v) is 2.85. The first kappa shape index (κ1) is 14.5. The van der Waals surface area contributed by atoms with Gasteiger partial charge in [0.1, 0.15) is 12.0 Å². The molecule has 1 aromatic rings. The molecule has 18 heavy (non-hydrogen) atoms. The molecule has 1 atom stereocenters. The largest absolute Gasteiger partial charge is 0.479 e. The molecule has 0 aliphatic heterocycles. The fraction of sp³-hybridized carbons (Fsp3) is 0.667. The molecule has 1 aromatic heterocycles. The third kappa shape index (κ3) is 3.73. The SMILES string of the molecule is CCN(CC)CC(C)Nc1ncnc(OC)c1N. The molecule has 6 heteroatoms. The average molecular weight is 253 g/mol. The summed E-state index contributed by atoms with van der Waals surface area (Å²) in [6, 6.07) is 0.256. The van der Waals surface area contributed by atoms with E-state index >= 15 is 0 Å². The summed E-state index contributed by atoms with van der Waals surface area (Å²) in [6.07, 6.45) is 1.45. The molecule has 0 radical (unpaired) electrons. The van der Waals surface area contributed by atoms with Crippen molar-refractivity contribution in [1.82, 2.24) is 14.9 Å². The maximum absolute atomic E-state index is 5.91. The molecule has 0 saturated carbocycles. The van der Waals surface area contributed by atoms with Gasteiger partial charge >= 0.3 is 0 Å². The van der Waals surface area contributed by atoms with Gasteiger partial charge in [0.25, 0.3) is 0 Å². The van der Waals surface area contributed by atoms with E-state index in [1.165, 1.54) is 6.33 Å². The molecule has 0 saturated heterocycles. The lowest BCUT2D eigenvalue weighted by molar-refractivity contribution is 0.294. The summed E-state index contributed by atoms with van der Waals surface area (Å²) in [7, 11) is 1.54. The molecule has 0 aromatic carbocycles. The number of nitrogens with one attached hydrogen (secondary N) is 1. The minimum atomic E-state index is 0.256. The van der Waals surface area contributed by atoms with Crippen molar-refractivity contribution in [3.05, 3.63) is 6.33 Å². The van der Waals surface area contributed by atoms with Crippen molar-refractivity contribution in [3.63, 3.8) is 0 Å². The molecule has 102 valence electrons. The zero-order valence-electron chi connectivity index (χ0n) is 11.6. The Kier molecular flexibility index (Phi) is 5.64. The predicted octanol–water partition coefficient (Wildman–Crippen LogP) is 1.21. The Morgan fingerprint density at radius 1 is 1.39 bits per heavy atom. The van der Waals surface area contributed by atoms with Crippen LogP contribution in [0.25, 0.3) is 0 Å². The standard InChI is InChI=1S/C12H23N5O/c1-5-17(6-2)7-9(3)16-11-10(13)12(18-4)15-8-14-11/h8-9H,5-7,13H2,1-4H3,(H,14,15,16). The Bertz CT molecular complexity index is 367. The van der Waals surface area contributed by atoms with Crippen molar-refractivity contribution in [3.8, 4) is 5.88 Å². The number of hydrogen-bond donors (Lipinski definition) is 2. The molecule has 1 rings (SSSR count). The van der Waals surface area contributed by atoms with E-state index in [2.05, 4.69) is 41.0 Å². The van der Waals surface area contributed by atoms with Gasteiger partial charge in [0, 0.05) is 12.6 Å². The number of methoxy groups -OCH3 is 1. The molecule has 0 bridgehead atoms. The van der Waals surface area contributed by atoms with Crippen LogP contribution in [0.2, 0.25) is 0 Å². The molecular weight excluding hydrogens is 230 g/mol. The van der Waals surface area contributed by atoms with Crippen LogP contribution in [-0.4, -0.2) is 47.7 Å². The third-order valence-electron chi connectivity index (χ3n) is 2.85. The van der Waals surface area contributed by atoms with E-state index in [0.29, 0.717) is 17.4 Å². The maximum Gasteiger partial charge on any atom is 0.242 e. The second-order valence-electron chi connectivity index (χ2n) is 4.18. The number of aromatic nitrogens is 2. The van der Waals surface area contributed by atoms with Crippen LogP contribution in [-0.2, 0) is 0 Å². The number of nitrogens with two attached hydrogens (primary N) is 1. The van der Waals surface area contributed by atoms with E-state index in [1.54, 1.807) is 7.11 Å². The average Bonchev–Trinajstić information content (AvgIpc) is 2.38. The zero-order chi connectivity index (χ0) is 13.5. The van der Waals surface area contributed by atoms with Crippen LogP contribution < -0.4 is 15.8 Å². The van der Waals surface area contributed by atoms with Gasteiger partial charge in [-0.05, 0) is 20.0 Å². The van der Waals surface area contributed by atoms with Crippen molar-refractivity contribution in [2.75, 3.05) is 37.8 Å². The van der Waals surface area contributed by atoms with Gasteiger partial charge in [0.05, 0.1) is 7.11 Å². The van der Waals surface area contributed by atoms with Gasteiger partial charge < -0.3 is 20.7 Å². The monoisotopic (exact) mass is 253 g/mol. The van der Waals surface area contributed by atoms with Gasteiger partial charge in [0.2, 0.25) is 5.88 Å². The number of anilines is 2. The second-order valence-corrected chi connectivity index (χ2v) is 4.18. The minimum absolute atomic E-state index is 0.256. The molecule has 0 amide bonds. The van der Waals surface area contributed by atoms with E-state index in [4.69, 9.17) is 10.5 Å². The fourth-order valence-corrected chi connectivity index (χ4v) is 1.81. The highest BCUT2D eigenvalue weighted by Crippen LogP contribution is 2.24. The van der Waals surface area contributed by atoms with Crippen molar-refractivity contribution in [1.29, 1.82) is 0 Å². The summed E-state index contributed by atoms with van der Waals surface area (Å²) >= 11 is 0. The van der Waals surface area contributed by atoms with E-state index < -0.39 is 0 Å². The lowest BCUT2D eigenvalue weighted by atomic mass is 10.3. The van der Waals surface area contributed by atoms with E-state index in [9.17, 15) is 0 Å². The van der Waals surface area contributed by atoms with E-state index in [1.807, 2.05) is 0 Å². The summed E-state index contributed by atoms with van der Waals surface area (Å²) in [5.41, 5.74) is 6.36. The number of ether oxygens (including phenoxy) is 1. The highest BCUT2D eigenvalue weighted by molar-refractivity contribution is 5.66. The van der Waals surface area contributed by atoms with Crippen LogP contribution in [0.3, 0.4) is 0 Å². The van der Waals surface area contributed by atoms with E-state index in [0.717, 1.165) is 19.6 Å². The van der Waals surface area contributed by atoms with Crippen molar-refractivity contribution < 1.29 is 4.74 Å². The van der Waals surface area contributed by atoms with Crippen LogP contribution in [0.4, 0.5) is 11.5 Å². The molecule has 0 aliphatic rings. The Morgan fingerprint density at radius 2 is 2.06 bits per heavy atom. The molecule has 6 nitrogen and oxygen atoms in total. The van der Waals surface area contributed by atoms with Crippen molar-refractivity contribution >= 4 is 11.5 Å². The topological polar surface area (TPSA) is 76.3 Å². The van der Waals surface area contributed by atoms with Crippen LogP contribution in [0.15, 0.2) is 6.33 Å². The first-order valence-corrected chi connectivity index (χ1v) is 6.25. The normalized spacial score (nSPS) is 12.5. The maximum atomic E-state index is 5.91. The van der Waals surface area contributed by atoms with Gasteiger partial charge in [-0.1, -0.05) is 13.8 Å². The van der Waals surface area contributed by atoms with Crippen LogP contribution in [0.1, 0.15) is 20.8 Å². The highest BCUT2D eigenvalue weighted by Gasteiger charge is 2.12. The summed E-state index contributed by atoms with van der Waals surface area (Å²) in [5, 5.41) is 3.29. The molecule has 1 unspecified atom stereocenters. The van der Waals surface area contributed by atoms with Crippen molar-refractivity contribution in [2.45, 2.75) is 26.8 Å². The smallest absolute Gasteiger partial charge is 0.242 e. The summed E-state index contributed by atoms with van der Waals surface area (Å²) < 4.78 is 5.06. The number of nitrogens with zero attached hydrogens (tertiary/aromatic N) is 3. The Labute approximate surface area is 109 Å². The quantitative estimate of drug-likeness (QED) is 0.760. The zero-order valence-corrected chi connectivity index (χ0v) is 11.6. The number of likely N-dealkylation sites (N-methyl/N-ethyl adjacent to an activating group) is 1. The Morgan fingerprint density at radius 3 is 2.61 bits per heavy atom. The molecule has 0 aliphatic carbocycles.